The number of hydrogen-bond donors (Lipinski definition) is 1. The van der Waals surface area contributed by atoms with E-state index in [2.05, 4.69) is 12.2 Å². The van der Waals surface area contributed by atoms with Crippen LogP contribution in [0, 0.1) is 0 Å². The van der Waals surface area contributed by atoms with Crippen molar-refractivity contribution in [3.63, 3.8) is 0 Å². The van der Waals surface area contributed by atoms with Gasteiger partial charge in [-0.1, -0.05) is 24.6 Å². The molecular weight excluding hydrogens is 232 g/mol. The number of hydrogen-bond acceptors (Lipinski definition) is 3. The fourth-order valence-electron chi connectivity index (χ4n) is 3.11. The van der Waals surface area contributed by atoms with Crippen LogP contribution in [0.5, 0.6) is 0 Å². The second-order valence-corrected chi connectivity index (χ2v) is 6.89. The lowest BCUT2D eigenvalue weighted by Gasteiger charge is -2.23. The Kier molecular flexibility index (Phi) is 3.11. The molecule has 2 heterocycles. The minimum atomic E-state index is 0.000664. The van der Waals surface area contributed by atoms with Crippen molar-refractivity contribution in [1.29, 1.82) is 0 Å². The van der Waals surface area contributed by atoms with Gasteiger partial charge >= 0.3 is 0 Å². The molecule has 0 aromatic heterocycles. The number of thioether (sulfide) groups is 1. The lowest BCUT2D eigenvalue weighted by atomic mass is 10.0. The highest BCUT2D eigenvalue weighted by Crippen LogP contribution is 2.37. The van der Waals surface area contributed by atoms with Gasteiger partial charge in [-0.3, -0.25) is 4.99 Å². The summed E-state index contributed by atoms with van der Waals surface area (Å²) >= 11 is 1.90. The molecule has 1 spiro atoms. The van der Waals surface area contributed by atoms with Crippen LogP contribution in [0.25, 0.3) is 0 Å². The van der Waals surface area contributed by atoms with Crippen LogP contribution in [0.4, 0.5) is 0 Å². The van der Waals surface area contributed by atoms with Gasteiger partial charge in [-0.25, -0.2) is 0 Å². The summed E-state index contributed by atoms with van der Waals surface area (Å²) < 4.78 is 5.77. The van der Waals surface area contributed by atoms with E-state index in [1.807, 2.05) is 11.8 Å². The maximum absolute atomic E-state index is 5.77. The first-order valence-corrected chi connectivity index (χ1v) is 7.78. The van der Waals surface area contributed by atoms with E-state index in [0.717, 1.165) is 24.7 Å². The topological polar surface area (TPSA) is 33.6 Å². The Hall–Kier alpha value is -0.220. The average Bonchev–Trinajstić information content (AvgIpc) is 3.01. The summed E-state index contributed by atoms with van der Waals surface area (Å²) in [7, 11) is 0. The Morgan fingerprint density at radius 1 is 1.29 bits per heavy atom. The Morgan fingerprint density at radius 2 is 2.12 bits per heavy atom. The molecule has 96 valence electrons. The molecule has 2 saturated heterocycles. The quantitative estimate of drug-likeness (QED) is 0.822. The summed E-state index contributed by atoms with van der Waals surface area (Å²) in [5, 5.41) is 4.82. The third-order valence-electron chi connectivity index (χ3n) is 4.28. The number of aliphatic imine (C=N–C) groups is 1. The van der Waals surface area contributed by atoms with Gasteiger partial charge < -0.3 is 10.1 Å². The van der Waals surface area contributed by atoms with Crippen LogP contribution < -0.4 is 5.32 Å². The molecule has 0 amide bonds. The molecule has 1 saturated carbocycles. The molecule has 3 fully saturated rings. The van der Waals surface area contributed by atoms with Crippen molar-refractivity contribution in [2.45, 2.75) is 56.6 Å². The summed E-state index contributed by atoms with van der Waals surface area (Å²) in [5.41, 5.74) is 0.390. The Bertz CT molecular complexity index is 317. The molecule has 3 rings (SSSR count). The minimum Gasteiger partial charge on any atom is -0.373 e. The molecule has 2 aliphatic heterocycles. The summed E-state index contributed by atoms with van der Waals surface area (Å²) in [4.78, 5) is 4.74. The van der Waals surface area contributed by atoms with Gasteiger partial charge in [0.05, 0.1) is 12.1 Å². The van der Waals surface area contributed by atoms with Gasteiger partial charge in [0.15, 0.2) is 5.17 Å². The summed E-state index contributed by atoms with van der Waals surface area (Å²) in [5.74, 6) is 1.21. The molecule has 1 unspecified atom stereocenters. The standard InChI is InChI=1S/C13H22N2OS/c1-12(5-4-8-16-12)9-14-11-15-13(10-17-11)6-2-3-7-13/h2-10H2,1H3,(H,14,15). The normalized spacial score (nSPS) is 38.1. The van der Waals surface area contributed by atoms with E-state index in [0.29, 0.717) is 5.54 Å². The largest absolute Gasteiger partial charge is 0.373 e. The molecular formula is C13H22N2OS. The maximum Gasteiger partial charge on any atom is 0.157 e. The van der Waals surface area contributed by atoms with Gasteiger partial charge in [0.2, 0.25) is 0 Å². The monoisotopic (exact) mass is 254 g/mol. The summed E-state index contributed by atoms with van der Waals surface area (Å²) in [6.07, 6.45) is 7.74. The molecule has 4 heteroatoms. The van der Waals surface area contributed by atoms with Crippen molar-refractivity contribution in [1.82, 2.24) is 5.32 Å². The summed E-state index contributed by atoms with van der Waals surface area (Å²) in [6, 6.07) is 0. The predicted octanol–water partition coefficient (Wildman–Crippen LogP) is 2.56. The van der Waals surface area contributed by atoms with E-state index >= 15 is 0 Å². The zero-order valence-corrected chi connectivity index (χ0v) is 11.4. The highest BCUT2D eigenvalue weighted by molar-refractivity contribution is 8.14. The summed E-state index contributed by atoms with van der Waals surface area (Å²) in [6.45, 7) is 3.92. The lowest BCUT2D eigenvalue weighted by molar-refractivity contribution is 0.0284. The fourth-order valence-corrected chi connectivity index (χ4v) is 4.33. The zero-order chi connectivity index (χ0) is 11.8. The Morgan fingerprint density at radius 3 is 2.82 bits per heavy atom. The van der Waals surface area contributed by atoms with Gasteiger partial charge in [0.25, 0.3) is 0 Å². The van der Waals surface area contributed by atoms with Crippen LogP contribution in [-0.2, 0) is 4.74 Å². The highest BCUT2D eigenvalue weighted by atomic mass is 32.2. The molecule has 3 nitrogen and oxygen atoms in total. The van der Waals surface area contributed by atoms with Gasteiger partial charge in [-0.15, -0.1) is 0 Å². The van der Waals surface area contributed by atoms with Crippen molar-refractivity contribution >= 4 is 16.9 Å². The van der Waals surface area contributed by atoms with E-state index in [1.165, 1.54) is 37.9 Å². The maximum atomic E-state index is 5.77. The van der Waals surface area contributed by atoms with Crippen LogP contribution in [0.2, 0.25) is 0 Å². The van der Waals surface area contributed by atoms with Crippen LogP contribution in [0.15, 0.2) is 4.99 Å². The van der Waals surface area contributed by atoms with Crippen LogP contribution in [-0.4, -0.2) is 35.2 Å². The van der Waals surface area contributed by atoms with E-state index in [-0.39, 0.29) is 5.60 Å². The van der Waals surface area contributed by atoms with Crippen molar-refractivity contribution in [2.75, 3.05) is 18.9 Å². The molecule has 1 aliphatic carbocycles. The molecule has 17 heavy (non-hydrogen) atoms. The van der Waals surface area contributed by atoms with Gasteiger partial charge in [-0.2, -0.15) is 0 Å². The Balaban J connectivity index is 1.58. The van der Waals surface area contributed by atoms with Gasteiger partial charge in [-0.05, 0) is 32.6 Å². The first-order valence-electron chi connectivity index (χ1n) is 6.79. The molecule has 0 bridgehead atoms. The minimum absolute atomic E-state index is 0.000664. The van der Waals surface area contributed by atoms with Crippen LogP contribution in [0.3, 0.4) is 0 Å². The SMILES string of the molecule is CC1(CN=C2NC3(CCCC3)CS2)CCCO1. The first-order chi connectivity index (χ1) is 8.20. The van der Waals surface area contributed by atoms with Crippen LogP contribution in [0.1, 0.15) is 45.4 Å². The zero-order valence-electron chi connectivity index (χ0n) is 10.6. The van der Waals surface area contributed by atoms with Crippen LogP contribution >= 0.6 is 11.8 Å². The second-order valence-electron chi connectivity index (χ2n) is 5.92. The number of rotatable bonds is 2. The number of nitrogens with one attached hydrogen (secondary N) is 1. The molecule has 0 aromatic carbocycles. The third-order valence-corrected chi connectivity index (χ3v) is 5.48. The second kappa shape index (κ2) is 4.47. The van der Waals surface area contributed by atoms with Crippen molar-refractivity contribution in [2.24, 2.45) is 4.99 Å². The van der Waals surface area contributed by atoms with E-state index in [9.17, 15) is 0 Å². The average molecular weight is 254 g/mol. The van der Waals surface area contributed by atoms with E-state index in [1.54, 1.807) is 0 Å². The van der Waals surface area contributed by atoms with Gasteiger partial charge in [0, 0.05) is 17.9 Å². The molecule has 1 atom stereocenters. The van der Waals surface area contributed by atoms with Crippen molar-refractivity contribution < 1.29 is 4.74 Å². The molecule has 0 aromatic rings. The first kappa shape index (κ1) is 11.8. The van der Waals surface area contributed by atoms with Crippen molar-refractivity contribution in [3.8, 4) is 0 Å². The predicted molar refractivity (Wildman–Crippen MR) is 72.7 cm³/mol. The number of ether oxygens (including phenoxy) is 1. The number of amidine groups is 1. The lowest BCUT2D eigenvalue weighted by Crippen LogP contribution is -2.41. The molecule has 3 aliphatic rings. The van der Waals surface area contributed by atoms with E-state index < -0.39 is 0 Å². The van der Waals surface area contributed by atoms with E-state index in [4.69, 9.17) is 9.73 Å². The molecule has 1 N–H and O–H groups in total. The fraction of sp³-hybridized carbons (Fsp3) is 0.923. The molecule has 0 radical (unpaired) electrons. The number of nitrogens with zero attached hydrogens (tertiary/aromatic N) is 1. The van der Waals surface area contributed by atoms with Crippen molar-refractivity contribution in [3.05, 3.63) is 0 Å². The Labute approximate surface area is 108 Å². The highest BCUT2D eigenvalue weighted by Gasteiger charge is 2.40. The van der Waals surface area contributed by atoms with Gasteiger partial charge in [0.1, 0.15) is 0 Å². The third kappa shape index (κ3) is 2.48. The smallest absolute Gasteiger partial charge is 0.157 e.